The number of rotatable bonds is 15. The summed E-state index contributed by atoms with van der Waals surface area (Å²) in [5.74, 6) is 6.83. The van der Waals surface area contributed by atoms with E-state index in [1.807, 2.05) is 19.0 Å². The summed E-state index contributed by atoms with van der Waals surface area (Å²) in [5, 5.41) is 18.3. The monoisotopic (exact) mass is 560 g/mol. The quantitative estimate of drug-likeness (QED) is 0.171. The Kier molecular flexibility index (Phi) is 14.4. The molecule has 2 rings (SSSR count). The lowest BCUT2D eigenvalue weighted by Crippen LogP contribution is -2.45. The molecule has 1 heterocycles. The molecule has 0 aliphatic carbocycles. The van der Waals surface area contributed by atoms with E-state index in [1.165, 1.54) is 11.0 Å². The van der Waals surface area contributed by atoms with E-state index < -0.39 is 6.04 Å². The third-order valence-electron chi connectivity index (χ3n) is 5.92. The van der Waals surface area contributed by atoms with Crippen LogP contribution in [0.15, 0.2) is 42.6 Å². The minimum atomic E-state index is -0.585. The number of anilines is 3. The summed E-state index contributed by atoms with van der Waals surface area (Å²) in [6.07, 6.45) is 6.93. The van der Waals surface area contributed by atoms with Crippen LogP contribution in [0.1, 0.15) is 37.3 Å². The number of carbonyl (C=O) groups excluding carboxylic acids is 2. The second kappa shape index (κ2) is 18.0. The number of hydrogen-bond acceptors (Lipinski definition) is 9. The zero-order valence-electron chi connectivity index (χ0n) is 24.5. The van der Waals surface area contributed by atoms with Crippen molar-refractivity contribution in [2.24, 2.45) is 0 Å². The van der Waals surface area contributed by atoms with Gasteiger partial charge in [0.2, 0.25) is 17.8 Å². The zero-order chi connectivity index (χ0) is 30.0. The fourth-order valence-corrected chi connectivity index (χ4v) is 3.39. The number of unbranched alkanes of at least 4 members (excludes halogenated alkanes) is 1. The molecular weight excluding hydrogens is 520 g/mol. The molecule has 11 heteroatoms. The van der Waals surface area contributed by atoms with Gasteiger partial charge < -0.3 is 30.5 Å². The summed E-state index contributed by atoms with van der Waals surface area (Å²) in [6, 6.07) is 8.53. The van der Waals surface area contributed by atoms with Crippen LogP contribution in [0.3, 0.4) is 0 Å². The molecule has 0 aliphatic heterocycles. The van der Waals surface area contributed by atoms with Crippen LogP contribution in [-0.4, -0.2) is 92.1 Å². The van der Waals surface area contributed by atoms with Gasteiger partial charge in [-0.2, -0.15) is 10.2 Å². The van der Waals surface area contributed by atoms with Crippen molar-refractivity contribution in [3.8, 4) is 17.9 Å². The van der Waals surface area contributed by atoms with E-state index in [0.717, 1.165) is 12.1 Å². The van der Waals surface area contributed by atoms with Gasteiger partial charge in [-0.15, -0.1) is 0 Å². The molecule has 218 valence electrons. The molecule has 2 aromatic rings. The Morgan fingerprint density at radius 2 is 1.90 bits per heavy atom. The highest BCUT2D eigenvalue weighted by molar-refractivity contribution is 5.92. The summed E-state index contributed by atoms with van der Waals surface area (Å²) in [6.45, 7) is 4.08. The molecule has 0 saturated carbocycles. The van der Waals surface area contributed by atoms with Crippen LogP contribution in [0.2, 0.25) is 0 Å². The molecule has 0 fully saturated rings. The van der Waals surface area contributed by atoms with Crippen LogP contribution >= 0.6 is 0 Å². The standard InChI is InChI=1S/C30H40N8O3/c1-23(38(4)27(39)12-9-19-37(2)3)29(40)33-17-8-6-7-11-25-22-34-30(36-28(25)32-18-10-20-41-5)35-26-15-13-24(21-31)14-16-26/h9,12-16,22-23H,6,8,10,17-20H2,1-5H3,(H,33,40)(H2,32,34,35,36)/t23-/m0/s1. The number of nitriles is 1. The third kappa shape index (κ3) is 12.1. The van der Waals surface area contributed by atoms with E-state index in [4.69, 9.17) is 10.00 Å². The number of aromatic nitrogens is 2. The number of carbonyl (C=O) groups is 2. The first-order valence-electron chi connectivity index (χ1n) is 13.5. The molecule has 0 unspecified atom stereocenters. The summed E-state index contributed by atoms with van der Waals surface area (Å²) in [7, 11) is 7.11. The van der Waals surface area contributed by atoms with Crippen molar-refractivity contribution < 1.29 is 14.3 Å². The van der Waals surface area contributed by atoms with Crippen molar-refractivity contribution >= 4 is 29.3 Å². The molecular formula is C30H40N8O3. The Morgan fingerprint density at radius 3 is 2.59 bits per heavy atom. The molecule has 0 aliphatic rings. The van der Waals surface area contributed by atoms with Crippen molar-refractivity contribution in [3.63, 3.8) is 0 Å². The maximum atomic E-state index is 12.5. The van der Waals surface area contributed by atoms with Gasteiger partial charge in [0.1, 0.15) is 11.9 Å². The van der Waals surface area contributed by atoms with E-state index >= 15 is 0 Å². The van der Waals surface area contributed by atoms with E-state index in [1.54, 1.807) is 57.6 Å². The van der Waals surface area contributed by atoms with Gasteiger partial charge >= 0.3 is 0 Å². The highest BCUT2D eigenvalue weighted by atomic mass is 16.5. The van der Waals surface area contributed by atoms with Gasteiger partial charge in [-0.05, 0) is 58.1 Å². The SMILES string of the molecule is COCCCNc1nc(Nc2ccc(C#N)cc2)ncc1C#CCCCNC(=O)[C@H](C)N(C)C(=O)C=CCN(C)C. The lowest BCUT2D eigenvalue weighted by Gasteiger charge is -2.23. The van der Waals surface area contributed by atoms with E-state index in [9.17, 15) is 9.59 Å². The van der Waals surface area contributed by atoms with E-state index in [-0.39, 0.29) is 11.8 Å². The maximum Gasteiger partial charge on any atom is 0.246 e. The van der Waals surface area contributed by atoms with Crippen molar-refractivity contribution in [1.29, 1.82) is 5.26 Å². The van der Waals surface area contributed by atoms with Gasteiger partial charge in [-0.25, -0.2) is 4.98 Å². The predicted octanol–water partition coefficient (Wildman–Crippen LogP) is 2.75. The minimum Gasteiger partial charge on any atom is -0.385 e. The van der Waals surface area contributed by atoms with Gasteiger partial charge in [0.05, 0.1) is 23.4 Å². The first-order valence-corrected chi connectivity index (χ1v) is 13.5. The van der Waals surface area contributed by atoms with Gasteiger partial charge in [0.15, 0.2) is 0 Å². The Bertz CT molecular complexity index is 1260. The Labute approximate surface area is 243 Å². The molecule has 0 saturated heterocycles. The second-order valence-corrected chi connectivity index (χ2v) is 9.53. The number of ether oxygens (including phenoxy) is 1. The number of hydrogen-bond donors (Lipinski definition) is 3. The molecule has 0 radical (unpaired) electrons. The van der Waals surface area contributed by atoms with Crippen molar-refractivity contribution in [3.05, 3.63) is 53.7 Å². The Balaban J connectivity index is 1.92. The van der Waals surface area contributed by atoms with Crippen molar-refractivity contribution in [2.45, 2.75) is 32.2 Å². The zero-order valence-corrected chi connectivity index (χ0v) is 24.5. The highest BCUT2D eigenvalue weighted by Gasteiger charge is 2.20. The van der Waals surface area contributed by atoms with Gasteiger partial charge in [-0.3, -0.25) is 9.59 Å². The number of likely N-dealkylation sites (N-methyl/N-ethyl adjacent to an activating group) is 2. The van der Waals surface area contributed by atoms with Crippen LogP contribution in [-0.2, 0) is 14.3 Å². The van der Waals surface area contributed by atoms with Crippen LogP contribution in [0, 0.1) is 23.2 Å². The predicted molar refractivity (Wildman–Crippen MR) is 161 cm³/mol. The fourth-order valence-electron chi connectivity index (χ4n) is 3.39. The number of methoxy groups -OCH3 is 1. The lowest BCUT2D eigenvalue weighted by molar-refractivity contribution is -0.135. The first kappa shape index (κ1) is 32.8. The van der Waals surface area contributed by atoms with E-state index in [0.29, 0.717) is 62.0 Å². The molecule has 2 amide bonds. The molecule has 1 atom stereocenters. The molecule has 41 heavy (non-hydrogen) atoms. The number of nitrogens with one attached hydrogen (secondary N) is 3. The van der Waals surface area contributed by atoms with Crippen LogP contribution in [0.4, 0.5) is 17.5 Å². The first-order chi connectivity index (χ1) is 19.7. The van der Waals surface area contributed by atoms with Crippen LogP contribution in [0.5, 0.6) is 0 Å². The molecule has 0 bridgehead atoms. The lowest BCUT2D eigenvalue weighted by atomic mass is 10.2. The fraction of sp³-hybridized carbons (Fsp3) is 0.433. The molecule has 3 N–H and O–H groups in total. The maximum absolute atomic E-state index is 12.5. The van der Waals surface area contributed by atoms with Gasteiger partial charge in [-0.1, -0.05) is 17.9 Å². The average molecular weight is 561 g/mol. The van der Waals surface area contributed by atoms with Crippen LogP contribution < -0.4 is 16.0 Å². The average Bonchev–Trinajstić information content (AvgIpc) is 2.97. The third-order valence-corrected chi connectivity index (χ3v) is 5.92. The number of nitrogens with zero attached hydrogens (tertiary/aromatic N) is 5. The summed E-state index contributed by atoms with van der Waals surface area (Å²) < 4.78 is 5.12. The normalized spacial score (nSPS) is 11.3. The smallest absolute Gasteiger partial charge is 0.246 e. The topological polar surface area (TPSA) is 136 Å². The number of amides is 2. The molecule has 0 spiro atoms. The van der Waals surface area contributed by atoms with E-state index in [2.05, 4.69) is 43.8 Å². The van der Waals surface area contributed by atoms with Crippen molar-refractivity contribution in [1.82, 2.24) is 25.1 Å². The molecule has 1 aromatic heterocycles. The summed E-state index contributed by atoms with van der Waals surface area (Å²) in [4.78, 5) is 37.1. The molecule has 1 aromatic carbocycles. The summed E-state index contributed by atoms with van der Waals surface area (Å²) >= 11 is 0. The highest BCUT2D eigenvalue weighted by Crippen LogP contribution is 2.18. The van der Waals surface area contributed by atoms with Gasteiger partial charge in [0.25, 0.3) is 0 Å². The Morgan fingerprint density at radius 1 is 1.15 bits per heavy atom. The van der Waals surface area contributed by atoms with Gasteiger partial charge in [0, 0.05) is 58.6 Å². The molecule has 11 nitrogen and oxygen atoms in total. The minimum absolute atomic E-state index is 0.212. The van der Waals surface area contributed by atoms with Crippen molar-refractivity contribution in [2.75, 3.05) is 65.1 Å². The van der Waals surface area contributed by atoms with Crippen LogP contribution in [0.25, 0.3) is 0 Å². The largest absolute Gasteiger partial charge is 0.385 e. The number of benzene rings is 1. The summed E-state index contributed by atoms with van der Waals surface area (Å²) in [5.41, 5.74) is 2.00. The second-order valence-electron chi connectivity index (χ2n) is 9.53. The Hall–Kier alpha value is -4.45.